The molecule has 21 heavy (non-hydrogen) atoms. The molecule has 116 valence electrons. The fraction of sp³-hybridized carbons (Fsp3) is 0.538. The van der Waals surface area contributed by atoms with Gasteiger partial charge in [0.1, 0.15) is 0 Å². The van der Waals surface area contributed by atoms with E-state index in [9.17, 15) is 8.42 Å². The second-order valence-electron chi connectivity index (χ2n) is 5.02. The van der Waals surface area contributed by atoms with Gasteiger partial charge in [0.25, 0.3) is 0 Å². The number of rotatable bonds is 3. The summed E-state index contributed by atoms with van der Waals surface area (Å²) in [6, 6.07) is 3.12. The zero-order chi connectivity index (χ0) is 15.5. The maximum absolute atomic E-state index is 11.7. The number of hydrogen-bond acceptors (Lipinski definition) is 5. The van der Waals surface area contributed by atoms with Gasteiger partial charge in [-0.25, -0.2) is 13.4 Å². The molecule has 0 aromatic carbocycles. The van der Waals surface area contributed by atoms with Crippen LogP contribution in [-0.2, 0) is 21.1 Å². The quantitative estimate of drug-likeness (QED) is 0.624. The van der Waals surface area contributed by atoms with Crippen molar-refractivity contribution in [2.75, 3.05) is 26.0 Å². The molecule has 1 aliphatic heterocycles. The largest absolute Gasteiger partial charge is 0.375 e. The molecule has 1 saturated heterocycles. The Hall–Kier alpha value is -1.67. The van der Waals surface area contributed by atoms with Crippen LogP contribution in [0, 0.1) is 0 Å². The van der Waals surface area contributed by atoms with Crippen LogP contribution in [0.25, 0.3) is 0 Å². The molecular weight excluding hydrogens is 292 g/mol. The zero-order valence-corrected chi connectivity index (χ0v) is 13.0. The minimum Gasteiger partial charge on any atom is -0.375 e. The molecule has 2 heterocycles. The van der Waals surface area contributed by atoms with Crippen LogP contribution in [0.5, 0.6) is 0 Å². The van der Waals surface area contributed by atoms with Gasteiger partial charge in [-0.15, -0.1) is 0 Å². The lowest BCUT2D eigenvalue weighted by molar-refractivity contribution is 0.00528. The summed E-state index contributed by atoms with van der Waals surface area (Å²) in [5.74, 6) is 0.384. The van der Waals surface area contributed by atoms with Gasteiger partial charge in [-0.1, -0.05) is 0 Å². The third-order valence-electron chi connectivity index (χ3n) is 3.20. The van der Waals surface area contributed by atoms with E-state index in [-0.39, 0.29) is 17.5 Å². The van der Waals surface area contributed by atoms with E-state index in [1.54, 1.807) is 12.3 Å². The van der Waals surface area contributed by atoms with Crippen molar-refractivity contribution in [2.45, 2.75) is 24.5 Å². The fourth-order valence-corrected chi connectivity index (χ4v) is 3.03. The molecule has 0 bridgehead atoms. The maximum Gasteiger partial charge on any atom is 0.191 e. The fourth-order valence-electron chi connectivity index (χ4n) is 2.16. The lowest BCUT2D eigenvalue weighted by Crippen LogP contribution is -2.47. The molecule has 2 rings (SSSR count). The van der Waals surface area contributed by atoms with E-state index >= 15 is 0 Å². The highest BCUT2D eigenvalue weighted by molar-refractivity contribution is 7.90. The van der Waals surface area contributed by atoms with E-state index in [0.29, 0.717) is 31.3 Å². The van der Waals surface area contributed by atoms with Gasteiger partial charge in [0.2, 0.25) is 0 Å². The number of morpholine rings is 1. The molecule has 0 amide bonds. The van der Waals surface area contributed by atoms with Gasteiger partial charge < -0.3 is 15.4 Å². The summed E-state index contributed by atoms with van der Waals surface area (Å²) in [6.45, 7) is 4.08. The van der Waals surface area contributed by atoms with E-state index in [1.165, 1.54) is 6.07 Å². The van der Waals surface area contributed by atoms with Crippen molar-refractivity contribution < 1.29 is 13.2 Å². The molecule has 8 heteroatoms. The number of guanidine groups is 1. The predicted octanol–water partition coefficient (Wildman–Crippen LogP) is 0.0205. The maximum atomic E-state index is 11.7. The molecule has 0 saturated carbocycles. The van der Waals surface area contributed by atoms with Crippen LogP contribution in [0.4, 0.5) is 0 Å². The van der Waals surface area contributed by atoms with Gasteiger partial charge in [0.15, 0.2) is 15.8 Å². The van der Waals surface area contributed by atoms with E-state index < -0.39 is 9.84 Å². The summed E-state index contributed by atoms with van der Waals surface area (Å²) in [7, 11) is -3.32. The van der Waals surface area contributed by atoms with Crippen LogP contribution >= 0.6 is 0 Å². The average Bonchev–Trinajstić information content (AvgIpc) is 2.44. The first-order chi connectivity index (χ1) is 9.88. The normalized spacial score (nSPS) is 20.6. The summed E-state index contributed by atoms with van der Waals surface area (Å²) in [5, 5.41) is 0. The van der Waals surface area contributed by atoms with Crippen molar-refractivity contribution in [3.05, 3.63) is 24.0 Å². The predicted molar refractivity (Wildman–Crippen MR) is 79.7 cm³/mol. The lowest BCUT2D eigenvalue weighted by atomic mass is 10.3. The molecule has 1 fully saturated rings. The Bertz CT molecular complexity index is 630. The molecule has 1 aromatic heterocycles. The molecule has 1 atom stereocenters. The topological polar surface area (TPSA) is 97.9 Å². The number of hydrogen-bond donors (Lipinski definition) is 1. The van der Waals surface area contributed by atoms with Gasteiger partial charge in [-0.05, 0) is 19.1 Å². The average molecular weight is 312 g/mol. The Morgan fingerprint density at radius 3 is 3.05 bits per heavy atom. The van der Waals surface area contributed by atoms with Gasteiger partial charge in [-0.3, -0.25) is 4.98 Å². The molecule has 1 aromatic rings. The molecule has 0 aliphatic carbocycles. The standard InChI is InChI=1S/C13H20N4O3S/c1-10-9-17(6-7-20-10)13(14)16-8-11-12(21(2,18)19)4-3-5-15-11/h3-5,10H,6-9H2,1-2H3,(H2,14,16). The third kappa shape index (κ3) is 4.15. The van der Waals surface area contributed by atoms with Crippen molar-refractivity contribution in [3.63, 3.8) is 0 Å². The lowest BCUT2D eigenvalue weighted by Gasteiger charge is -2.31. The second-order valence-corrected chi connectivity index (χ2v) is 7.01. The van der Waals surface area contributed by atoms with Gasteiger partial charge >= 0.3 is 0 Å². The SMILES string of the molecule is CC1CN(C(N)=NCc2ncccc2S(C)(=O)=O)CCO1. The summed E-state index contributed by atoms with van der Waals surface area (Å²) < 4.78 is 28.8. The number of aromatic nitrogens is 1. The molecule has 0 spiro atoms. The van der Waals surface area contributed by atoms with Gasteiger partial charge in [-0.2, -0.15) is 0 Å². The van der Waals surface area contributed by atoms with Crippen LogP contribution in [-0.4, -0.2) is 56.3 Å². The van der Waals surface area contributed by atoms with Gasteiger partial charge in [0.05, 0.1) is 29.8 Å². The van der Waals surface area contributed by atoms with Crippen LogP contribution in [0.1, 0.15) is 12.6 Å². The van der Waals surface area contributed by atoms with Crippen molar-refractivity contribution in [1.29, 1.82) is 0 Å². The Morgan fingerprint density at radius 1 is 1.62 bits per heavy atom. The van der Waals surface area contributed by atoms with Crippen molar-refractivity contribution >= 4 is 15.8 Å². The first-order valence-corrected chi connectivity index (χ1v) is 8.57. The zero-order valence-electron chi connectivity index (χ0n) is 12.2. The second kappa shape index (κ2) is 6.40. The first-order valence-electron chi connectivity index (χ1n) is 6.68. The van der Waals surface area contributed by atoms with Crippen LogP contribution in [0.3, 0.4) is 0 Å². The van der Waals surface area contributed by atoms with Crippen LogP contribution in [0.2, 0.25) is 0 Å². The summed E-state index contributed by atoms with van der Waals surface area (Å²) in [5.41, 5.74) is 6.37. The number of pyridine rings is 1. The van der Waals surface area contributed by atoms with E-state index in [4.69, 9.17) is 10.5 Å². The summed E-state index contributed by atoms with van der Waals surface area (Å²) in [4.78, 5) is 10.5. The minimum atomic E-state index is -3.32. The third-order valence-corrected chi connectivity index (χ3v) is 4.37. The Balaban J connectivity index is 2.14. The van der Waals surface area contributed by atoms with E-state index in [2.05, 4.69) is 9.98 Å². The molecule has 1 aliphatic rings. The number of sulfone groups is 1. The summed E-state index contributed by atoms with van der Waals surface area (Å²) in [6.07, 6.45) is 2.81. The molecular formula is C13H20N4O3S. The Kier molecular flexibility index (Phi) is 4.79. The Labute approximate surface area is 124 Å². The smallest absolute Gasteiger partial charge is 0.191 e. The first kappa shape index (κ1) is 15.7. The van der Waals surface area contributed by atoms with Crippen molar-refractivity contribution in [2.24, 2.45) is 10.7 Å². The number of nitrogens with two attached hydrogens (primary N) is 1. The van der Waals surface area contributed by atoms with E-state index in [1.807, 2.05) is 11.8 Å². The van der Waals surface area contributed by atoms with Crippen molar-refractivity contribution in [3.8, 4) is 0 Å². The van der Waals surface area contributed by atoms with Crippen LogP contribution in [0.15, 0.2) is 28.2 Å². The highest BCUT2D eigenvalue weighted by atomic mass is 32.2. The Morgan fingerprint density at radius 2 is 2.38 bits per heavy atom. The molecule has 7 nitrogen and oxygen atoms in total. The van der Waals surface area contributed by atoms with Gasteiger partial charge in [0, 0.05) is 25.5 Å². The molecule has 1 unspecified atom stereocenters. The number of ether oxygens (including phenoxy) is 1. The molecule has 2 N–H and O–H groups in total. The minimum absolute atomic E-state index is 0.105. The van der Waals surface area contributed by atoms with E-state index in [0.717, 1.165) is 6.26 Å². The number of nitrogens with zero attached hydrogens (tertiary/aromatic N) is 3. The van der Waals surface area contributed by atoms with Crippen molar-refractivity contribution in [1.82, 2.24) is 9.88 Å². The van der Waals surface area contributed by atoms with Crippen LogP contribution < -0.4 is 5.73 Å². The summed E-state index contributed by atoms with van der Waals surface area (Å²) >= 11 is 0. The monoisotopic (exact) mass is 312 g/mol. The highest BCUT2D eigenvalue weighted by Crippen LogP contribution is 2.14. The highest BCUT2D eigenvalue weighted by Gasteiger charge is 2.18. The number of aliphatic imine (C=N–C) groups is 1. The molecule has 0 radical (unpaired) electrons.